The number of rotatable bonds is 8. The van der Waals surface area contributed by atoms with Crippen molar-refractivity contribution in [3.8, 4) is 10.7 Å². The minimum atomic E-state index is -0.387. The largest absolute Gasteiger partial charge is 0.370 e. The summed E-state index contributed by atoms with van der Waals surface area (Å²) >= 11 is 2.86. The van der Waals surface area contributed by atoms with Gasteiger partial charge in [-0.3, -0.25) is 9.59 Å². The monoisotopic (exact) mass is 367 g/mol. The van der Waals surface area contributed by atoms with E-state index in [0.29, 0.717) is 17.5 Å². The first kappa shape index (κ1) is 18.5. The molecular weight excluding hydrogens is 346 g/mol. The Morgan fingerprint density at radius 2 is 2.12 bits per heavy atom. The van der Waals surface area contributed by atoms with Gasteiger partial charge < -0.3 is 15.6 Å². The van der Waals surface area contributed by atoms with Gasteiger partial charge in [-0.2, -0.15) is 0 Å². The van der Waals surface area contributed by atoms with Crippen LogP contribution >= 0.6 is 23.1 Å². The molecule has 0 bridgehead atoms. The molecule has 2 heterocycles. The van der Waals surface area contributed by atoms with Gasteiger partial charge in [-0.1, -0.05) is 17.8 Å². The van der Waals surface area contributed by atoms with Gasteiger partial charge >= 0.3 is 0 Å². The molecule has 0 aliphatic carbocycles. The fourth-order valence-electron chi connectivity index (χ4n) is 2.00. The minimum absolute atomic E-state index is 0.0582. The molecule has 2 amide bonds. The minimum Gasteiger partial charge on any atom is -0.370 e. The summed E-state index contributed by atoms with van der Waals surface area (Å²) in [5.74, 6) is 0.240. The van der Waals surface area contributed by atoms with Crippen LogP contribution in [0.3, 0.4) is 0 Å². The second-order valence-electron chi connectivity index (χ2n) is 5.57. The van der Waals surface area contributed by atoms with E-state index in [4.69, 9.17) is 5.73 Å². The maximum atomic E-state index is 12.1. The molecule has 9 heteroatoms. The summed E-state index contributed by atoms with van der Waals surface area (Å²) in [7, 11) is 0. The number of carbonyl (C=O) groups is 2. The zero-order valence-electron chi connectivity index (χ0n) is 13.9. The molecule has 7 nitrogen and oxygen atoms in total. The van der Waals surface area contributed by atoms with E-state index in [2.05, 4.69) is 15.5 Å². The number of hydrogen-bond acceptors (Lipinski definition) is 6. The van der Waals surface area contributed by atoms with Crippen LogP contribution in [0, 0.1) is 0 Å². The Morgan fingerprint density at radius 3 is 2.71 bits per heavy atom. The highest BCUT2D eigenvalue weighted by Gasteiger charge is 2.21. The summed E-state index contributed by atoms with van der Waals surface area (Å²) in [4.78, 5) is 24.2. The van der Waals surface area contributed by atoms with Gasteiger partial charge in [0.1, 0.15) is 0 Å². The summed E-state index contributed by atoms with van der Waals surface area (Å²) in [5.41, 5.74) is 5.27. The highest BCUT2D eigenvalue weighted by molar-refractivity contribution is 8.00. The molecule has 2 rings (SSSR count). The molecular formula is C15H21N5O2S2. The maximum Gasteiger partial charge on any atom is 0.233 e. The van der Waals surface area contributed by atoms with Crippen LogP contribution in [-0.4, -0.2) is 37.9 Å². The highest BCUT2D eigenvalue weighted by atomic mass is 32.2. The topological polar surface area (TPSA) is 103 Å². The zero-order valence-corrected chi connectivity index (χ0v) is 15.5. The molecule has 0 spiro atoms. The van der Waals surface area contributed by atoms with E-state index < -0.39 is 0 Å². The van der Waals surface area contributed by atoms with Gasteiger partial charge in [0, 0.05) is 19.0 Å². The summed E-state index contributed by atoms with van der Waals surface area (Å²) in [6.07, 6.45) is 0.191. The van der Waals surface area contributed by atoms with Crippen molar-refractivity contribution in [3.05, 3.63) is 17.5 Å². The number of thiophene rings is 1. The molecule has 1 atom stereocenters. The van der Waals surface area contributed by atoms with Gasteiger partial charge in [0.05, 0.1) is 10.1 Å². The first-order valence-corrected chi connectivity index (χ1v) is 9.36. The Morgan fingerprint density at radius 1 is 1.38 bits per heavy atom. The molecule has 0 aliphatic heterocycles. The average Bonchev–Trinajstić information content (AvgIpc) is 3.13. The van der Waals surface area contributed by atoms with E-state index in [-0.39, 0.29) is 29.5 Å². The summed E-state index contributed by atoms with van der Waals surface area (Å²) in [6, 6.07) is 3.95. The summed E-state index contributed by atoms with van der Waals surface area (Å²) in [5, 5.41) is 13.5. The van der Waals surface area contributed by atoms with Crippen LogP contribution < -0.4 is 11.1 Å². The number of nitrogens with one attached hydrogen (secondary N) is 1. The van der Waals surface area contributed by atoms with E-state index in [9.17, 15) is 9.59 Å². The second kappa shape index (κ2) is 8.29. The molecule has 2 aromatic rings. The molecule has 0 saturated heterocycles. The fourth-order valence-corrected chi connectivity index (χ4v) is 3.60. The van der Waals surface area contributed by atoms with Gasteiger partial charge in [-0.05, 0) is 32.2 Å². The van der Waals surface area contributed by atoms with Crippen molar-refractivity contribution in [2.45, 2.75) is 50.2 Å². The number of primary amides is 1. The van der Waals surface area contributed by atoms with Crippen LogP contribution in [0.4, 0.5) is 0 Å². The molecule has 3 N–H and O–H groups in total. The number of thioether (sulfide) groups is 1. The average molecular weight is 368 g/mol. The van der Waals surface area contributed by atoms with Crippen LogP contribution in [-0.2, 0) is 16.1 Å². The lowest BCUT2D eigenvalue weighted by Crippen LogP contribution is -2.36. The van der Waals surface area contributed by atoms with Crippen LogP contribution in [0.25, 0.3) is 10.7 Å². The van der Waals surface area contributed by atoms with Crippen molar-refractivity contribution < 1.29 is 9.59 Å². The van der Waals surface area contributed by atoms with Gasteiger partial charge in [0.2, 0.25) is 11.8 Å². The van der Waals surface area contributed by atoms with E-state index in [1.54, 1.807) is 11.3 Å². The SMILES string of the molecule is CC(C)NC(=O)C(C)Sc1nnc(-c2cccs2)n1CCC(N)=O. The van der Waals surface area contributed by atoms with Crippen molar-refractivity contribution in [2.24, 2.45) is 5.73 Å². The molecule has 1 unspecified atom stereocenters. The fraction of sp³-hybridized carbons (Fsp3) is 0.467. The zero-order chi connectivity index (χ0) is 17.7. The third kappa shape index (κ3) is 4.81. The quantitative estimate of drug-likeness (QED) is 0.694. The third-order valence-corrected chi connectivity index (χ3v) is 5.07. The Kier molecular flexibility index (Phi) is 6.38. The van der Waals surface area contributed by atoms with Crippen LogP contribution in [0.2, 0.25) is 0 Å². The normalized spacial score (nSPS) is 12.3. The Bertz CT molecular complexity index is 697. The number of amides is 2. The number of nitrogens with zero attached hydrogens (tertiary/aromatic N) is 3. The number of carbonyl (C=O) groups excluding carboxylic acids is 2. The number of aromatic nitrogens is 3. The second-order valence-corrected chi connectivity index (χ2v) is 7.83. The van der Waals surface area contributed by atoms with Crippen molar-refractivity contribution in [2.75, 3.05) is 0 Å². The third-order valence-electron chi connectivity index (χ3n) is 3.12. The first-order valence-electron chi connectivity index (χ1n) is 7.61. The van der Waals surface area contributed by atoms with Crippen LogP contribution in [0.15, 0.2) is 22.7 Å². The first-order chi connectivity index (χ1) is 11.4. The molecule has 2 aromatic heterocycles. The van der Waals surface area contributed by atoms with Gasteiger partial charge in [0.15, 0.2) is 11.0 Å². The Labute approximate surface area is 149 Å². The molecule has 130 valence electrons. The maximum absolute atomic E-state index is 12.1. The van der Waals surface area contributed by atoms with Crippen molar-refractivity contribution in [3.63, 3.8) is 0 Å². The van der Waals surface area contributed by atoms with Crippen molar-refractivity contribution in [1.82, 2.24) is 20.1 Å². The van der Waals surface area contributed by atoms with Gasteiger partial charge in [-0.25, -0.2) is 0 Å². The smallest absolute Gasteiger partial charge is 0.233 e. The number of nitrogens with two attached hydrogens (primary N) is 1. The Balaban J connectivity index is 2.22. The van der Waals surface area contributed by atoms with Gasteiger partial charge in [-0.15, -0.1) is 21.5 Å². The predicted molar refractivity (Wildman–Crippen MR) is 95.7 cm³/mol. The highest BCUT2D eigenvalue weighted by Crippen LogP contribution is 2.29. The summed E-state index contributed by atoms with van der Waals surface area (Å²) in [6.45, 7) is 6.04. The molecule has 0 fully saturated rings. The van der Waals surface area contributed by atoms with Crippen molar-refractivity contribution >= 4 is 34.9 Å². The summed E-state index contributed by atoms with van der Waals surface area (Å²) < 4.78 is 1.85. The van der Waals surface area contributed by atoms with E-state index in [1.807, 2.05) is 42.9 Å². The van der Waals surface area contributed by atoms with E-state index >= 15 is 0 Å². The van der Waals surface area contributed by atoms with E-state index in [1.165, 1.54) is 11.8 Å². The van der Waals surface area contributed by atoms with Crippen LogP contribution in [0.5, 0.6) is 0 Å². The lowest BCUT2D eigenvalue weighted by molar-refractivity contribution is -0.121. The van der Waals surface area contributed by atoms with Crippen LogP contribution in [0.1, 0.15) is 27.2 Å². The molecule has 0 saturated carbocycles. The van der Waals surface area contributed by atoms with Gasteiger partial charge in [0.25, 0.3) is 0 Å². The molecule has 24 heavy (non-hydrogen) atoms. The number of hydrogen-bond donors (Lipinski definition) is 2. The molecule has 0 radical (unpaired) electrons. The lowest BCUT2D eigenvalue weighted by atomic mass is 10.3. The lowest BCUT2D eigenvalue weighted by Gasteiger charge is -2.14. The predicted octanol–water partition coefficient (Wildman–Crippen LogP) is 1.89. The molecule has 0 aliphatic rings. The Hall–Kier alpha value is -1.87. The van der Waals surface area contributed by atoms with Crippen molar-refractivity contribution in [1.29, 1.82) is 0 Å². The van der Waals surface area contributed by atoms with E-state index in [0.717, 1.165) is 4.88 Å². The standard InChI is InChI=1S/C15H21N5O2S2/c1-9(2)17-14(22)10(3)24-15-19-18-13(11-5-4-8-23-11)20(15)7-6-12(16)21/h4-5,8-10H,6-7H2,1-3H3,(H2,16,21)(H,17,22). The molecule has 0 aromatic carbocycles.